The van der Waals surface area contributed by atoms with Gasteiger partial charge in [0.05, 0.1) is 17.8 Å². The van der Waals surface area contributed by atoms with Crippen LogP contribution in [0.1, 0.15) is 51.6 Å². The van der Waals surface area contributed by atoms with Crippen LogP contribution in [0.4, 0.5) is 10.1 Å². The zero-order valence-electron chi connectivity index (χ0n) is 15.3. The number of carbonyl (C=O) groups is 2. The van der Waals surface area contributed by atoms with Crippen molar-refractivity contribution in [1.29, 1.82) is 0 Å². The number of benzene rings is 1. The lowest BCUT2D eigenvalue weighted by molar-refractivity contribution is -0.117. The molecule has 1 aromatic heterocycles. The number of anilines is 1. The van der Waals surface area contributed by atoms with Crippen LogP contribution >= 0.6 is 11.3 Å². The van der Waals surface area contributed by atoms with Crippen LogP contribution < -0.4 is 4.90 Å². The lowest BCUT2D eigenvalue weighted by atomic mass is 10.0. The van der Waals surface area contributed by atoms with Crippen molar-refractivity contribution in [3.63, 3.8) is 0 Å². The van der Waals surface area contributed by atoms with E-state index in [1.165, 1.54) is 28.3 Å². The van der Waals surface area contributed by atoms with Crippen molar-refractivity contribution in [2.24, 2.45) is 0 Å². The van der Waals surface area contributed by atoms with Gasteiger partial charge >= 0.3 is 0 Å². The summed E-state index contributed by atoms with van der Waals surface area (Å²) in [6.45, 7) is 0.974. The predicted octanol–water partition coefficient (Wildman–Crippen LogP) is 3.56. The van der Waals surface area contributed by atoms with Crippen molar-refractivity contribution < 1.29 is 14.0 Å². The summed E-state index contributed by atoms with van der Waals surface area (Å²) in [6, 6.07) is 4.32. The van der Waals surface area contributed by atoms with E-state index in [9.17, 15) is 14.0 Å². The minimum atomic E-state index is -0.569. The first kappa shape index (κ1) is 18.1. The zero-order chi connectivity index (χ0) is 19.0. The van der Waals surface area contributed by atoms with Gasteiger partial charge in [0.15, 0.2) is 0 Å². The first-order valence-electron chi connectivity index (χ1n) is 9.36. The van der Waals surface area contributed by atoms with Gasteiger partial charge in [-0.3, -0.25) is 9.59 Å². The number of hydrogen-bond acceptors (Lipinski definition) is 4. The summed E-state index contributed by atoms with van der Waals surface area (Å²) in [4.78, 5) is 33.9. The number of aromatic nitrogens is 1. The molecule has 0 saturated carbocycles. The standard InChI is InChI=1S/C20H22FN3O2S/c1-23(12-18-22-16-5-2-3-6-17(16)27-18)20(26)14-11-13(8-9-15(14)21)24-10-4-7-19(24)25/h8-9,11H,2-7,10,12H2,1H3. The summed E-state index contributed by atoms with van der Waals surface area (Å²) in [6.07, 6.45) is 5.70. The van der Waals surface area contributed by atoms with Gasteiger partial charge in [0.1, 0.15) is 10.8 Å². The number of aryl methyl sites for hydroxylation is 2. The number of halogens is 1. The van der Waals surface area contributed by atoms with Gasteiger partial charge in [-0.05, 0) is 50.3 Å². The molecule has 2 amide bonds. The number of amides is 2. The van der Waals surface area contributed by atoms with Crippen LogP contribution in [-0.2, 0) is 24.2 Å². The fourth-order valence-corrected chi connectivity index (χ4v) is 4.93. The SMILES string of the molecule is CN(Cc1nc2c(s1)CCCC2)C(=O)c1cc(N2CCCC2=O)ccc1F. The first-order valence-corrected chi connectivity index (χ1v) is 10.2. The number of hydrogen-bond donors (Lipinski definition) is 0. The van der Waals surface area contributed by atoms with E-state index in [1.807, 2.05) is 0 Å². The minimum absolute atomic E-state index is 0.00369. The minimum Gasteiger partial charge on any atom is -0.335 e. The Morgan fingerprint density at radius 2 is 2.07 bits per heavy atom. The smallest absolute Gasteiger partial charge is 0.257 e. The summed E-state index contributed by atoms with van der Waals surface area (Å²) >= 11 is 1.65. The van der Waals surface area contributed by atoms with Crippen LogP contribution in [-0.4, -0.2) is 35.3 Å². The van der Waals surface area contributed by atoms with Gasteiger partial charge in [-0.15, -0.1) is 11.3 Å². The summed E-state index contributed by atoms with van der Waals surface area (Å²) in [7, 11) is 1.66. The highest BCUT2D eigenvalue weighted by atomic mass is 32.1. The van der Waals surface area contributed by atoms with Crippen molar-refractivity contribution in [2.75, 3.05) is 18.5 Å². The predicted molar refractivity (Wildman–Crippen MR) is 103 cm³/mol. The molecule has 0 unspecified atom stereocenters. The van der Waals surface area contributed by atoms with Crippen molar-refractivity contribution in [3.05, 3.63) is 45.2 Å². The van der Waals surface area contributed by atoms with Gasteiger partial charge in [-0.1, -0.05) is 0 Å². The molecule has 2 heterocycles. The molecule has 2 aliphatic rings. The van der Waals surface area contributed by atoms with E-state index in [4.69, 9.17) is 0 Å². The molecular formula is C20H22FN3O2S. The Morgan fingerprint density at radius 3 is 2.81 bits per heavy atom. The van der Waals surface area contributed by atoms with Gasteiger partial charge in [0, 0.05) is 30.6 Å². The quantitative estimate of drug-likeness (QED) is 0.806. The van der Waals surface area contributed by atoms with E-state index < -0.39 is 11.7 Å². The molecule has 1 aliphatic heterocycles. The van der Waals surface area contributed by atoms with Gasteiger partial charge in [-0.25, -0.2) is 9.37 Å². The summed E-state index contributed by atoms with van der Waals surface area (Å²) in [5.74, 6) is -0.948. The van der Waals surface area contributed by atoms with Crippen LogP contribution in [0, 0.1) is 5.82 Å². The molecule has 5 nitrogen and oxygen atoms in total. The molecule has 1 aliphatic carbocycles. The first-order chi connectivity index (χ1) is 13.0. The fourth-order valence-electron chi connectivity index (χ4n) is 3.72. The molecule has 0 bridgehead atoms. The number of rotatable bonds is 4. The molecule has 0 radical (unpaired) electrons. The number of nitrogens with zero attached hydrogens (tertiary/aromatic N) is 3. The average molecular weight is 387 g/mol. The lowest BCUT2D eigenvalue weighted by Gasteiger charge is -2.19. The van der Waals surface area contributed by atoms with E-state index in [-0.39, 0.29) is 11.5 Å². The molecule has 1 aromatic carbocycles. The van der Waals surface area contributed by atoms with E-state index >= 15 is 0 Å². The second-order valence-corrected chi connectivity index (χ2v) is 8.33. The molecular weight excluding hydrogens is 365 g/mol. The normalized spacial score (nSPS) is 16.5. The Labute approximate surface area is 161 Å². The molecule has 7 heteroatoms. The molecule has 0 atom stereocenters. The molecule has 2 aromatic rings. The highest BCUT2D eigenvalue weighted by Crippen LogP contribution is 2.28. The Bertz CT molecular complexity index is 872. The number of thiazole rings is 1. The Hall–Kier alpha value is -2.28. The van der Waals surface area contributed by atoms with E-state index in [1.54, 1.807) is 29.4 Å². The molecule has 0 N–H and O–H groups in total. The van der Waals surface area contributed by atoms with Crippen molar-refractivity contribution in [3.8, 4) is 0 Å². The summed E-state index contributed by atoms with van der Waals surface area (Å²) in [5.41, 5.74) is 1.74. The van der Waals surface area contributed by atoms with Gasteiger partial charge < -0.3 is 9.80 Å². The monoisotopic (exact) mass is 387 g/mol. The lowest BCUT2D eigenvalue weighted by Crippen LogP contribution is -2.28. The zero-order valence-corrected chi connectivity index (χ0v) is 16.1. The molecule has 4 rings (SSSR count). The highest BCUT2D eigenvalue weighted by molar-refractivity contribution is 7.11. The Morgan fingerprint density at radius 1 is 1.26 bits per heavy atom. The van der Waals surface area contributed by atoms with Crippen molar-refractivity contribution >= 4 is 28.8 Å². The van der Waals surface area contributed by atoms with Gasteiger partial charge in [0.2, 0.25) is 5.91 Å². The third-order valence-electron chi connectivity index (χ3n) is 5.17. The Balaban J connectivity index is 1.52. The summed E-state index contributed by atoms with van der Waals surface area (Å²) in [5, 5.41) is 0.893. The number of carbonyl (C=O) groups excluding carboxylic acids is 2. The average Bonchev–Trinajstić information content (AvgIpc) is 3.27. The maximum atomic E-state index is 14.3. The maximum Gasteiger partial charge on any atom is 0.257 e. The second kappa shape index (κ2) is 7.38. The van der Waals surface area contributed by atoms with E-state index in [0.717, 1.165) is 36.4 Å². The van der Waals surface area contributed by atoms with Crippen LogP contribution in [0.25, 0.3) is 0 Å². The second-order valence-electron chi connectivity index (χ2n) is 7.16. The largest absolute Gasteiger partial charge is 0.335 e. The molecule has 1 saturated heterocycles. The van der Waals surface area contributed by atoms with Gasteiger partial charge in [-0.2, -0.15) is 0 Å². The third kappa shape index (κ3) is 3.60. The molecule has 142 valence electrons. The van der Waals surface area contributed by atoms with Crippen LogP contribution in [0.3, 0.4) is 0 Å². The highest BCUT2D eigenvalue weighted by Gasteiger charge is 2.25. The van der Waals surface area contributed by atoms with Gasteiger partial charge in [0.25, 0.3) is 5.91 Å². The molecule has 0 spiro atoms. The van der Waals surface area contributed by atoms with E-state index in [0.29, 0.717) is 25.2 Å². The number of fused-ring (bicyclic) bond motifs is 1. The summed E-state index contributed by atoms with van der Waals surface area (Å²) < 4.78 is 14.3. The third-order valence-corrected chi connectivity index (χ3v) is 6.32. The topological polar surface area (TPSA) is 53.5 Å². The molecule has 1 fully saturated rings. The van der Waals surface area contributed by atoms with Crippen molar-refractivity contribution in [2.45, 2.75) is 45.1 Å². The molecule has 27 heavy (non-hydrogen) atoms. The maximum absolute atomic E-state index is 14.3. The Kier molecular flexibility index (Phi) is 4.95. The van der Waals surface area contributed by atoms with Crippen LogP contribution in [0.2, 0.25) is 0 Å². The van der Waals surface area contributed by atoms with Crippen LogP contribution in [0.5, 0.6) is 0 Å². The van der Waals surface area contributed by atoms with Crippen molar-refractivity contribution in [1.82, 2.24) is 9.88 Å². The van der Waals surface area contributed by atoms with E-state index in [2.05, 4.69) is 4.98 Å². The fraction of sp³-hybridized carbons (Fsp3) is 0.450. The van der Waals surface area contributed by atoms with Crippen LogP contribution in [0.15, 0.2) is 18.2 Å².